The molecule has 0 fully saturated rings. The summed E-state index contributed by atoms with van der Waals surface area (Å²) in [6, 6.07) is 0. The van der Waals surface area contributed by atoms with Crippen molar-refractivity contribution in [2.24, 2.45) is 0 Å². The normalized spacial score (nSPS) is 9.56. The fraction of sp³-hybridized carbons (Fsp3) is 0.667. The first-order chi connectivity index (χ1) is 7.10. The molecule has 0 radical (unpaired) electrons. The first-order valence-electron chi connectivity index (χ1n) is 4.54. The number of hydrogen-bond acceptors (Lipinski definition) is 6. The lowest BCUT2D eigenvalue weighted by atomic mass is 10.4. The predicted molar refractivity (Wildman–Crippen MR) is 59.3 cm³/mol. The molecule has 0 bridgehead atoms. The number of hydrogen-bond donors (Lipinski definition) is 0. The summed E-state index contributed by atoms with van der Waals surface area (Å²) in [5.41, 5.74) is 0. The van der Waals surface area contributed by atoms with Gasteiger partial charge in [-0.3, -0.25) is 14.4 Å². The van der Waals surface area contributed by atoms with Gasteiger partial charge in [0.05, 0.1) is 0 Å². The molecule has 0 amide bonds. The Kier molecular flexibility index (Phi) is 8.37. The molecule has 0 aliphatic heterocycles. The predicted octanol–water partition coefficient (Wildman–Crippen LogP) is -0.321. The maximum absolute atomic E-state index is 10.4. The second-order valence-electron chi connectivity index (χ2n) is 3.28. The smallest absolute Gasteiger partial charge is 0.305 e. The molecule has 0 saturated heterocycles. The van der Waals surface area contributed by atoms with Crippen LogP contribution in [0.1, 0.15) is 34.6 Å². The van der Waals surface area contributed by atoms with Gasteiger partial charge in [0.25, 0.3) is 11.8 Å². The van der Waals surface area contributed by atoms with Gasteiger partial charge in [-0.2, -0.15) is 0 Å². The van der Waals surface area contributed by atoms with Crippen molar-refractivity contribution in [3.63, 3.8) is 0 Å². The van der Waals surface area contributed by atoms with Crippen molar-refractivity contribution in [3.05, 3.63) is 0 Å². The standard InChI is InChI=1S/C7H12O4.C2H6O2Si/c1-5(8)10-7(3,4)11-6(2)9;1-2(3)4-5/h1-4H3;1,5H3. The fourth-order valence-corrected chi connectivity index (χ4v) is 0.713. The van der Waals surface area contributed by atoms with Crippen LogP contribution in [-0.4, -0.2) is 34.2 Å². The fourth-order valence-electron chi connectivity index (χ4n) is 0.713. The van der Waals surface area contributed by atoms with Gasteiger partial charge in [-0.15, -0.1) is 0 Å². The second kappa shape index (κ2) is 7.86. The lowest BCUT2D eigenvalue weighted by Gasteiger charge is -2.23. The molecule has 7 heteroatoms. The van der Waals surface area contributed by atoms with Gasteiger partial charge in [0.15, 0.2) is 0 Å². The Morgan fingerprint density at radius 2 is 1.12 bits per heavy atom. The number of esters is 2. The molecule has 0 rings (SSSR count). The molecule has 16 heavy (non-hydrogen) atoms. The van der Waals surface area contributed by atoms with Gasteiger partial charge in [-0.1, -0.05) is 0 Å². The van der Waals surface area contributed by atoms with Gasteiger partial charge in [-0.05, 0) is 0 Å². The van der Waals surface area contributed by atoms with E-state index in [9.17, 15) is 14.4 Å². The first-order valence-corrected chi connectivity index (χ1v) is 5.36. The molecule has 94 valence electrons. The van der Waals surface area contributed by atoms with Crippen LogP contribution in [0.4, 0.5) is 0 Å². The summed E-state index contributed by atoms with van der Waals surface area (Å²) in [4.78, 5) is 30.5. The maximum Gasteiger partial charge on any atom is 0.305 e. The van der Waals surface area contributed by atoms with Gasteiger partial charge in [0, 0.05) is 34.6 Å². The molecular formula is C9H18O6Si. The molecule has 0 aliphatic rings. The van der Waals surface area contributed by atoms with Crippen LogP contribution in [0, 0.1) is 0 Å². The van der Waals surface area contributed by atoms with Crippen molar-refractivity contribution in [1.82, 2.24) is 0 Å². The number of ether oxygens (including phenoxy) is 2. The van der Waals surface area contributed by atoms with Gasteiger partial charge < -0.3 is 13.9 Å². The monoisotopic (exact) mass is 250 g/mol. The molecule has 0 unspecified atom stereocenters. The molecule has 0 aromatic rings. The maximum atomic E-state index is 10.4. The number of carbonyl (C=O) groups excluding carboxylic acids is 3. The summed E-state index contributed by atoms with van der Waals surface area (Å²) in [7, 11) is 0.524. The Balaban J connectivity index is 0. The highest BCUT2D eigenvalue weighted by Crippen LogP contribution is 2.10. The largest absolute Gasteiger partial charge is 0.529 e. The van der Waals surface area contributed by atoms with Crippen molar-refractivity contribution < 1.29 is 28.3 Å². The average Bonchev–Trinajstić information content (AvgIpc) is 1.99. The molecule has 0 heterocycles. The van der Waals surface area contributed by atoms with E-state index < -0.39 is 17.7 Å². The summed E-state index contributed by atoms with van der Waals surface area (Å²) >= 11 is 0. The minimum Gasteiger partial charge on any atom is -0.529 e. The molecule has 0 saturated carbocycles. The SMILES string of the molecule is CC(=O)OC(C)(C)OC(C)=O.CC(=O)O[SiH3]. The lowest BCUT2D eigenvalue weighted by molar-refractivity contribution is -0.213. The van der Waals surface area contributed by atoms with Crippen LogP contribution in [0.25, 0.3) is 0 Å². The van der Waals surface area contributed by atoms with E-state index in [4.69, 9.17) is 0 Å². The molecule has 6 nitrogen and oxygen atoms in total. The van der Waals surface area contributed by atoms with Crippen LogP contribution >= 0.6 is 0 Å². The van der Waals surface area contributed by atoms with E-state index >= 15 is 0 Å². The third kappa shape index (κ3) is 15.1. The van der Waals surface area contributed by atoms with Crippen molar-refractivity contribution >= 4 is 28.4 Å². The van der Waals surface area contributed by atoms with E-state index in [1.807, 2.05) is 0 Å². The zero-order valence-corrected chi connectivity index (χ0v) is 12.4. The lowest BCUT2D eigenvalue weighted by Crippen LogP contribution is -2.32. The Hall–Kier alpha value is -1.37. The van der Waals surface area contributed by atoms with Gasteiger partial charge in [0.1, 0.15) is 0 Å². The summed E-state index contributed by atoms with van der Waals surface area (Å²) in [5, 5.41) is 0. The zero-order chi connectivity index (χ0) is 13.4. The summed E-state index contributed by atoms with van der Waals surface area (Å²) in [5.74, 6) is -2.29. The highest BCUT2D eigenvalue weighted by atomic mass is 28.2. The van der Waals surface area contributed by atoms with E-state index in [1.165, 1.54) is 34.6 Å². The third-order valence-electron chi connectivity index (χ3n) is 1.07. The summed E-state index contributed by atoms with van der Waals surface area (Å²) < 4.78 is 13.6. The minimum absolute atomic E-state index is 0.184. The second-order valence-corrected chi connectivity index (χ2v) is 3.69. The van der Waals surface area contributed by atoms with Gasteiger partial charge >= 0.3 is 11.9 Å². The zero-order valence-electron chi connectivity index (χ0n) is 10.4. The Morgan fingerprint density at radius 3 is 1.25 bits per heavy atom. The van der Waals surface area contributed by atoms with Crippen LogP contribution in [0.2, 0.25) is 0 Å². The van der Waals surface area contributed by atoms with Crippen LogP contribution in [-0.2, 0) is 28.3 Å². The summed E-state index contributed by atoms with van der Waals surface area (Å²) in [6.45, 7) is 6.90. The van der Waals surface area contributed by atoms with E-state index in [-0.39, 0.29) is 5.97 Å². The molecule has 0 aromatic carbocycles. The van der Waals surface area contributed by atoms with E-state index in [0.29, 0.717) is 10.5 Å². The van der Waals surface area contributed by atoms with Crippen molar-refractivity contribution in [2.75, 3.05) is 0 Å². The van der Waals surface area contributed by atoms with Gasteiger partial charge in [0.2, 0.25) is 10.5 Å². The van der Waals surface area contributed by atoms with Crippen LogP contribution in [0.5, 0.6) is 0 Å². The Morgan fingerprint density at radius 1 is 0.875 bits per heavy atom. The molecule has 0 spiro atoms. The highest BCUT2D eigenvalue weighted by molar-refractivity contribution is 6.04. The average molecular weight is 250 g/mol. The van der Waals surface area contributed by atoms with E-state index in [0.717, 1.165) is 0 Å². The molecule has 0 aromatic heterocycles. The van der Waals surface area contributed by atoms with E-state index in [1.54, 1.807) is 0 Å². The van der Waals surface area contributed by atoms with Crippen LogP contribution in [0.3, 0.4) is 0 Å². The van der Waals surface area contributed by atoms with Crippen molar-refractivity contribution in [1.29, 1.82) is 0 Å². The topological polar surface area (TPSA) is 78.9 Å². The van der Waals surface area contributed by atoms with E-state index in [2.05, 4.69) is 13.9 Å². The molecule has 0 N–H and O–H groups in total. The van der Waals surface area contributed by atoms with Crippen molar-refractivity contribution in [2.45, 2.75) is 40.4 Å². The number of carbonyl (C=O) groups is 3. The third-order valence-corrected chi connectivity index (χ3v) is 1.64. The molecule has 0 aliphatic carbocycles. The van der Waals surface area contributed by atoms with Crippen LogP contribution < -0.4 is 0 Å². The Bertz CT molecular complexity index is 243. The quantitative estimate of drug-likeness (QED) is 0.379. The molecule has 0 atom stereocenters. The summed E-state index contributed by atoms with van der Waals surface area (Å²) in [6.07, 6.45) is 0. The van der Waals surface area contributed by atoms with Gasteiger partial charge in [-0.25, -0.2) is 0 Å². The van der Waals surface area contributed by atoms with Crippen LogP contribution in [0.15, 0.2) is 0 Å². The number of rotatable bonds is 2. The minimum atomic E-state index is -1.16. The Labute approximate surface area is 97.8 Å². The molecular weight excluding hydrogens is 232 g/mol. The first kappa shape index (κ1) is 17.0. The highest BCUT2D eigenvalue weighted by Gasteiger charge is 2.23. The van der Waals surface area contributed by atoms with Crippen molar-refractivity contribution in [3.8, 4) is 0 Å².